The van der Waals surface area contributed by atoms with Crippen LogP contribution in [0.3, 0.4) is 0 Å². The molecule has 0 bridgehead atoms. The molecule has 2 rings (SSSR count). The Kier molecular flexibility index (Phi) is 2.98. The first-order chi connectivity index (χ1) is 8.04. The van der Waals surface area contributed by atoms with Crippen molar-refractivity contribution in [2.45, 2.75) is 20.4 Å². The van der Waals surface area contributed by atoms with Crippen LogP contribution in [0.15, 0.2) is 18.2 Å². The number of nitrogens with two attached hydrogens (primary N) is 1. The Morgan fingerprint density at radius 2 is 2.06 bits per heavy atom. The highest BCUT2D eigenvalue weighted by Crippen LogP contribution is 2.28. The van der Waals surface area contributed by atoms with E-state index in [-0.39, 0.29) is 5.82 Å². The lowest BCUT2D eigenvalue weighted by atomic mass is 10.0. The van der Waals surface area contributed by atoms with Gasteiger partial charge in [0.15, 0.2) is 0 Å². The predicted octanol–water partition coefficient (Wildman–Crippen LogP) is 2.30. The fraction of sp³-hybridized carbons (Fsp3) is 0.308. The summed E-state index contributed by atoms with van der Waals surface area (Å²) in [6, 6.07) is 5.08. The highest BCUT2D eigenvalue weighted by Gasteiger charge is 2.14. The number of aryl methyl sites for hydroxylation is 3. The van der Waals surface area contributed by atoms with E-state index in [4.69, 9.17) is 5.73 Å². The minimum atomic E-state index is -0.190. The van der Waals surface area contributed by atoms with E-state index in [0.717, 1.165) is 22.5 Å². The van der Waals surface area contributed by atoms with Gasteiger partial charge in [0.25, 0.3) is 0 Å². The summed E-state index contributed by atoms with van der Waals surface area (Å²) in [5.74, 6) is -0.190. The Morgan fingerprint density at radius 3 is 2.65 bits per heavy atom. The van der Waals surface area contributed by atoms with E-state index < -0.39 is 0 Å². The lowest BCUT2D eigenvalue weighted by Crippen LogP contribution is -2.05. The van der Waals surface area contributed by atoms with Crippen LogP contribution < -0.4 is 5.73 Å². The maximum Gasteiger partial charge on any atom is 0.126 e. The molecule has 1 heterocycles. The van der Waals surface area contributed by atoms with Gasteiger partial charge in [-0.1, -0.05) is 6.07 Å². The van der Waals surface area contributed by atoms with Gasteiger partial charge in [0, 0.05) is 19.2 Å². The molecule has 0 radical (unpaired) electrons. The summed E-state index contributed by atoms with van der Waals surface area (Å²) in [4.78, 5) is 0. The van der Waals surface area contributed by atoms with Gasteiger partial charge < -0.3 is 5.73 Å². The van der Waals surface area contributed by atoms with Crippen molar-refractivity contribution >= 4 is 0 Å². The molecule has 17 heavy (non-hydrogen) atoms. The summed E-state index contributed by atoms with van der Waals surface area (Å²) in [7, 11) is 1.87. The molecule has 0 saturated heterocycles. The predicted molar refractivity (Wildman–Crippen MR) is 66.0 cm³/mol. The van der Waals surface area contributed by atoms with Crippen LogP contribution in [-0.4, -0.2) is 9.78 Å². The lowest BCUT2D eigenvalue weighted by molar-refractivity contribution is 0.619. The second kappa shape index (κ2) is 4.30. The van der Waals surface area contributed by atoms with Crippen molar-refractivity contribution in [2.75, 3.05) is 0 Å². The number of aromatic nitrogens is 2. The largest absolute Gasteiger partial charge is 0.325 e. The molecule has 2 aromatic rings. The van der Waals surface area contributed by atoms with Gasteiger partial charge in [-0.05, 0) is 37.1 Å². The molecule has 0 aliphatic rings. The van der Waals surface area contributed by atoms with Crippen molar-refractivity contribution in [3.05, 3.63) is 41.0 Å². The van der Waals surface area contributed by atoms with Crippen LogP contribution in [0.5, 0.6) is 0 Å². The Balaban J connectivity index is 2.63. The number of hydrogen-bond acceptors (Lipinski definition) is 2. The Hall–Kier alpha value is -1.68. The van der Waals surface area contributed by atoms with Crippen LogP contribution in [-0.2, 0) is 13.6 Å². The summed E-state index contributed by atoms with van der Waals surface area (Å²) in [5.41, 5.74) is 10.2. The third-order valence-electron chi connectivity index (χ3n) is 2.98. The quantitative estimate of drug-likeness (QED) is 0.865. The van der Waals surface area contributed by atoms with Gasteiger partial charge in [-0.15, -0.1) is 0 Å². The molecule has 1 aromatic carbocycles. The molecular formula is C13H16FN3. The zero-order valence-corrected chi connectivity index (χ0v) is 10.3. The number of benzene rings is 1. The first kappa shape index (κ1) is 11.8. The molecule has 4 heteroatoms. The molecule has 0 aliphatic carbocycles. The SMILES string of the molecule is Cc1cc(-c2c(C)nn(C)c2CN)ccc1F. The monoisotopic (exact) mass is 233 g/mol. The molecule has 3 nitrogen and oxygen atoms in total. The maximum atomic E-state index is 13.3. The van der Waals surface area contributed by atoms with E-state index in [2.05, 4.69) is 5.10 Å². The molecule has 1 aromatic heterocycles. The van der Waals surface area contributed by atoms with Gasteiger partial charge in [-0.25, -0.2) is 4.39 Å². The molecular weight excluding hydrogens is 217 g/mol. The first-order valence-electron chi connectivity index (χ1n) is 5.53. The molecule has 0 unspecified atom stereocenters. The average molecular weight is 233 g/mol. The summed E-state index contributed by atoms with van der Waals surface area (Å²) in [5, 5.41) is 4.35. The minimum absolute atomic E-state index is 0.190. The summed E-state index contributed by atoms with van der Waals surface area (Å²) in [6.45, 7) is 4.11. The van der Waals surface area contributed by atoms with Crippen molar-refractivity contribution in [3.63, 3.8) is 0 Å². The van der Waals surface area contributed by atoms with Crippen molar-refractivity contribution in [2.24, 2.45) is 12.8 Å². The standard InChI is InChI=1S/C13H16FN3/c1-8-6-10(4-5-11(8)14)13-9(2)16-17(3)12(13)7-15/h4-6H,7,15H2,1-3H3. The average Bonchev–Trinajstić information content (AvgIpc) is 2.57. The van der Waals surface area contributed by atoms with Gasteiger partial charge in [0.2, 0.25) is 0 Å². The van der Waals surface area contributed by atoms with E-state index in [0.29, 0.717) is 12.1 Å². The number of nitrogens with zero attached hydrogens (tertiary/aromatic N) is 2. The fourth-order valence-corrected chi connectivity index (χ4v) is 2.12. The topological polar surface area (TPSA) is 43.8 Å². The molecule has 90 valence electrons. The minimum Gasteiger partial charge on any atom is -0.325 e. The van der Waals surface area contributed by atoms with Gasteiger partial charge >= 0.3 is 0 Å². The highest BCUT2D eigenvalue weighted by atomic mass is 19.1. The molecule has 0 saturated carbocycles. The third-order valence-corrected chi connectivity index (χ3v) is 2.98. The zero-order chi connectivity index (χ0) is 12.6. The number of halogens is 1. The van der Waals surface area contributed by atoms with Crippen molar-refractivity contribution in [1.82, 2.24) is 9.78 Å². The highest BCUT2D eigenvalue weighted by molar-refractivity contribution is 5.69. The molecule has 0 fully saturated rings. The van der Waals surface area contributed by atoms with Crippen LogP contribution >= 0.6 is 0 Å². The van der Waals surface area contributed by atoms with Crippen molar-refractivity contribution < 1.29 is 4.39 Å². The summed E-state index contributed by atoms with van der Waals surface area (Å²) < 4.78 is 15.0. The normalized spacial score (nSPS) is 10.9. The molecule has 0 aliphatic heterocycles. The van der Waals surface area contributed by atoms with Crippen molar-refractivity contribution in [3.8, 4) is 11.1 Å². The van der Waals surface area contributed by atoms with Gasteiger partial charge in [-0.3, -0.25) is 4.68 Å². The maximum absolute atomic E-state index is 13.3. The zero-order valence-electron chi connectivity index (χ0n) is 10.3. The second-order valence-electron chi connectivity index (χ2n) is 4.20. The molecule has 2 N–H and O–H groups in total. The Labute approximate surface area is 100 Å². The van der Waals surface area contributed by atoms with Crippen LogP contribution in [0, 0.1) is 19.7 Å². The fourth-order valence-electron chi connectivity index (χ4n) is 2.12. The number of rotatable bonds is 2. The molecule has 0 spiro atoms. The summed E-state index contributed by atoms with van der Waals surface area (Å²) >= 11 is 0. The van der Waals surface area contributed by atoms with Crippen LogP contribution in [0.25, 0.3) is 11.1 Å². The second-order valence-corrected chi connectivity index (χ2v) is 4.20. The molecule has 0 atom stereocenters. The van der Waals surface area contributed by atoms with E-state index in [1.165, 1.54) is 6.07 Å². The van der Waals surface area contributed by atoms with Crippen molar-refractivity contribution in [1.29, 1.82) is 0 Å². The van der Waals surface area contributed by atoms with Crippen LogP contribution in [0.2, 0.25) is 0 Å². The molecule has 0 amide bonds. The first-order valence-corrected chi connectivity index (χ1v) is 5.53. The van der Waals surface area contributed by atoms with E-state index in [9.17, 15) is 4.39 Å². The lowest BCUT2D eigenvalue weighted by Gasteiger charge is -2.06. The Morgan fingerprint density at radius 1 is 1.35 bits per heavy atom. The van der Waals surface area contributed by atoms with E-state index >= 15 is 0 Å². The Bertz CT molecular complexity index is 558. The van der Waals surface area contributed by atoms with E-state index in [1.54, 1.807) is 17.7 Å². The summed E-state index contributed by atoms with van der Waals surface area (Å²) in [6.07, 6.45) is 0. The van der Waals surface area contributed by atoms with Gasteiger partial charge in [0.05, 0.1) is 11.4 Å². The number of hydrogen-bond donors (Lipinski definition) is 1. The van der Waals surface area contributed by atoms with E-state index in [1.807, 2.05) is 20.0 Å². The van der Waals surface area contributed by atoms with Crippen LogP contribution in [0.1, 0.15) is 17.0 Å². The van der Waals surface area contributed by atoms with Gasteiger partial charge in [-0.2, -0.15) is 5.10 Å². The van der Waals surface area contributed by atoms with Crippen LogP contribution in [0.4, 0.5) is 4.39 Å². The van der Waals surface area contributed by atoms with Gasteiger partial charge in [0.1, 0.15) is 5.82 Å². The third kappa shape index (κ3) is 1.96. The smallest absolute Gasteiger partial charge is 0.126 e.